The molecule has 7 heteroatoms. The van der Waals surface area contributed by atoms with Gasteiger partial charge in [0.15, 0.2) is 0 Å². The van der Waals surface area contributed by atoms with Gasteiger partial charge < -0.3 is 37.2 Å². The first-order chi connectivity index (χ1) is 2.89. The summed E-state index contributed by atoms with van der Waals surface area (Å²) in [6, 6.07) is 0. The fourth-order valence-corrected chi connectivity index (χ4v) is 212. The maximum absolute atomic E-state index is 2.71. The quantitative estimate of drug-likeness (QED) is 0.213. The van der Waals surface area contributed by atoms with E-state index in [9.17, 15) is 0 Å². The number of rotatable bonds is 0. The molecule has 0 aromatic rings. The van der Waals surface area contributed by atoms with E-state index in [1.807, 2.05) is 0.989 Å². The van der Waals surface area contributed by atoms with Crippen LogP contribution < -0.4 is 37.2 Å². The first-order valence-corrected chi connectivity index (χ1v) is 38.9. The third-order valence-electron chi connectivity index (χ3n) is 0.417. The van der Waals surface area contributed by atoms with E-state index in [-0.39, 0.29) is 55.7 Å². The zero-order chi connectivity index (χ0) is 4.41. The summed E-state index contributed by atoms with van der Waals surface area (Å²) in [6.07, 6.45) is 0. The number of halogens is 3. The molecule has 0 radical (unpaired) electrons. The molecule has 0 spiro atoms. The van der Waals surface area contributed by atoms with Crippen molar-refractivity contribution in [3.05, 3.63) is 4.77 Å². The minimum atomic E-state index is 0. The van der Waals surface area contributed by atoms with E-state index in [2.05, 4.69) is 3.78 Å². The third-order valence-corrected chi connectivity index (χ3v) is 114. The van der Waals surface area contributed by atoms with Gasteiger partial charge in [0.1, 0.15) is 0 Å². The molecule has 1 heterocycles. The van der Waals surface area contributed by atoms with Crippen molar-refractivity contribution in [3.63, 3.8) is 0 Å². The Balaban J connectivity index is -0.000000120. The molecule has 0 saturated carbocycles. The summed E-state index contributed by atoms with van der Waals surface area (Å²) in [5.41, 5.74) is 0. The number of hydrogen-bond donors (Lipinski definition) is 0. The van der Waals surface area contributed by atoms with Crippen LogP contribution >= 0.6 is 0 Å². The van der Waals surface area contributed by atoms with Crippen molar-refractivity contribution in [2.75, 3.05) is 0 Å². The second kappa shape index (κ2) is 12.1. The molecule has 1 aliphatic heterocycles. The van der Waals surface area contributed by atoms with Crippen LogP contribution in [0.5, 0.6) is 0 Å². The average Bonchev–Trinajstić information content (AvgIpc) is 1.86. The Morgan fingerprint density at radius 3 is 2.00 bits per heavy atom. The molecule has 1 aliphatic rings. The second-order valence-electron chi connectivity index (χ2n) is 0.859. The van der Waals surface area contributed by atoms with Gasteiger partial charge in [-0.15, -0.1) is 0 Å². The Kier molecular flexibility index (Phi) is 25.4. The van der Waals surface area contributed by atoms with Crippen LogP contribution in [0.1, 0.15) is 0 Å². The van der Waals surface area contributed by atoms with E-state index in [1.54, 1.807) is 24.7 Å². The van der Waals surface area contributed by atoms with Gasteiger partial charge in [-0.3, -0.25) is 0 Å². The van der Waals surface area contributed by atoms with Crippen LogP contribution in [0.2, 0.25) is 0 Å². The molecular formula is C2H2Bi3Cl3Zr. The minimum absolute atomic E-state index is 0. The van der Waals surface area contributed by atoms with Crippen LogP contribution in [-0.2, 0) is 24.7 Å². The summed E-state index contributed by atoms with van der Waals surface area (Å²) in [5, 5.41) is 0. The van der Waals surface area contributed by atoms with Gasteiger partial charge in [0.2, 0.25) is 0 Å². The van der Waals surface area contributed by atoms with Gasteiger partial charge >= 0.3 is 78.7 Å². The molecule has 0 fully saturated rings. The Hall–Kier alpha value is 4.14. The van der Waals surface area contributed by atoms with Crippen LogP contribution in [0, 0.1) is 0 Å². The molecule has 0 atom stereocenters. The van der Waals surface area contributed by atoms with E-state index >= 15 is 0 Å². The SMILES string of the molecule is [Cl-].[Cl-].[Cl-].[Zr+3][C]1=[CH][BiH][Bi]=[Bi]1. The van der Waals surface area contributed by atoms with E-state index in [0.717, 1.165) is 0 Å². The molecular weight excluding hydrogens is 849 g/mol. The van der Waals surface area contributed by atoms with Gasteiger partial charge in [-0.1, -0.05) is 0 Å². The summed E-state index contributed by atoms with van der Waals surface area (Å²) in [5.74, 6) is 0. The molecule has 1 rings (SSSR count). The van der Waals surface area contributed by atoms with E-state index in [4.69, 9.17) is 0 Å². The maximum atomic E-state index is 2.71. The van der Waals surface area contributed by atoms with Crippen LogP contribution in [0.3, 0.4) is 0 Å². The van der Waals surface area contributed by atoms with Crippen molar-refractivity contribution in [1.82, 2.24) is 0 Å². The summed E-state index contributed by atoms with van der Waals surface area (Å²) < 4.78 is 4.73. The van der Waals surface area contributed by atoms with E-state index in [0.29, 0.717) is 30.8 Å². The van der Waals surface area contributed by atoms with E-state index < -0.39 is 0 Å². The van der Waals surface area contributed by atoms with E-state index in [1.165, 1.54) is 0 Å². The Morgan fingerprint density at radius 2 is 1.89 bits per heavy atom. The molecule has 0 N–H and O–H groups in total. The summed E-state index contributed by atoms with van der Waals surface area (Å²) in [4.78, 5) is 0. The predicted octanol–water partition coefficient (Wildman–Crippen LogP) is -9.97. The Bertz CT molecular complexity index is 111. The van der Waals surface area contributed by atoms with Gasteiger partial charge in [-0.25, -0.2) is 0 Å². The van der Waals surface area contributed by atoms with Gasteiger partial charge in [-0.2, -0.15) is 0 Å². The van der Waals surface area contributed by atoms with Gasteiger partial charge in [0.05, 0.1) is 0 Å². The van der Waals surface area contributed by atoms with Crippen molar-refractivity contribution in [2.24, 2.45) is 0 Å². The summed E-state index contributed by atoms with van der Waals surface area (Å²) in [6.45, 7) is 0. The van der Waals surface area contributed by atoms with Crippen LogP contribution in [0.15, 0.2) is 4.77 Å². The Morgan fingerprint density at radius 1 is 1.33 bits per heavy atom. The molecule has 0 bridgehead atoms. The first kappa shape index (κ1) is 18.8. The fourth-order valence-electron chi connectivity index (χ4n) is 0.202. The first-order valence-electron chi connectivity index (χ1n) is 1.47. The number of hydrogen-bond acceptors (Lipinski definition) is 0. The Labute approximate surface area is 113 Å². The monoisotopic (exact) mass is 848 g/mol. The van der Waals surface area contributed by atoms with Crippen molar-refractivity contribution < 1.29 is 61.9 Å². The van der Waals surface area contributed by atoms with Crippen molar-refractivity contribution in [1.29, 1.82) is 0 Å². The predicted molar refractivity (Wildman–Crippen MR) is 26.7 cm³/mol. The summed E-state index contributed by atoms with van der Waals surface area (Å²) in [7, 11) is 0. The topological polar surface area (TPSA) is 0 Å². The second-order valence-corrected chi connectivity index (χ2v) is 94.3. The zero-order valence-electron chi connectivity index (χ0n) is 4.11. The molecule has 0 saturated heterocycles. The average molecular weight is 851 g/mol. The van der Waals surface area contributed by atoms with Crippen LogP contribution in [0.4, 0.5) is 0 Å². The fraction of sp³-hybridized carbons (Fsp3) is 0. The molecule has 9 heavy (non-hydrogen) atoms. The molecule has 0 amide bonds. The van der Waals surface area contributed by atoms with Crippen molar-refractivity contribution in [2.45, 2.75) is 0 Å². The van der Waals surface area contributed by atoms with Crippen LogP contribution in [-0.4, -0.2) is 49.2 Å². The van der Waals surface area contributed by atoms with Crippen LogP contribution in [0.25, 0.3) is 0 Å². The molecule has 0 nitrogen and oxygen atoms in total. The van der Waals surface area contributed by atoms with Crippen molar-refractivity contribution >= 4 is 49.2 Å². The molecule has 0 unspecified atom stereocenters. The van der Waals surface area contributed by atoms with Gasteiger partial charge in [0, 0.05) is 0 Å². The van der Waals surface area contributed by atoms with Crippen molar-refractivity contribution in [3.8, 4) is 0 Å². The third kappa shape index (κ3) is 10.1. The summed E-state index contributed by atoms with van der Waals surface area (Å²) >= 11 is 2.85. The zero-order valence-corrected chi connectivity index (χ0v) is 19.7. The molecule has 0 aromatic carbocycles. The van der Waals surface area contributed by atoms with Gasteiger partial charge in [0.25, 0.3) is 0 Å². The molecule has 50 valence electrons. The standard InChI is InChI=1S/C2H.3Bi.3ClH.Zr.H/c1-2;;;;;;;;/h1H;;;;3*1H;;/q;;;;;;;+3;/p-3. The van der Waals surface area contributed by atoms with Gasteiger partial charge in [-0.05, 0) is 0 Å². The molecule has 0 aliphatic carbocycles. The molecule has 0 aromatic heterocycles. The normalized spacial score (nSPS) is 12.4.